The first kappa shape index (κ1) is 10.6. The molecule has 81 valence electrons. The molecule has 2 N–H and O–H groups in total. The Hall–Kier alpha value is -1.96. The van der Waals surface area contributed by atoms with Crippen LogP contribution in [0.1, 0.15) is 18.1 Å². The third-order valence-corrected chi connectivity index (χ3v) is 2.58. The Kier molecular flexibility index (Phi) is 2.82. The Balaban J connectivity index is 2.31. The molecule has 2 heteroatoms. The van der Waals surface area contributed by atoms with Crippen molar-refractivity contribution in [2.24, 2.45) is 0 Å². The predicted octanol–water partition coefficient (Wildman–Crippen LogP) is 3.09. The van der Waals surface area contributed by atoms with E-state index in [2.05, 4.69) is 0 Å². The average molecular weight is 213 g/mol. The summed E-state index contributed by atoms with van der Waals surface area (Å²) >= 11 is 0. The van der Waals surface area contributed by atoms with Gasteiger partial charge in [-0.2, -0.15) is 0 Å². The molecule has 0 spiro atoms. The predicted molar refractivity (Wildman–Crippen MR) is 63.3 cm³/mol. The van der Waals surface area contributed by atoms with Gasteiger partial charge >= 0.3 is 0 Å². The Morgan fingerprint density at radius 3 is 2.12 bits per heavy atom. The molecule has 0 aliphatic heterocycles. The quantitative estimate of drug-likeness (QED) is 0.804. The molecule has 2 aromatic carbocycles. The van der Waals surface area contributed by atoms with Crippen LogP contribution in [0.25, 0.3) is 0 Å². The van der Waals surface area contributed by atoms with Crippen LogP contribution in [-0.4, -0.2) is 10.2 Å². The lowest BCUT2D eigenvalue weighted by Gasteiger charge is -2.11. The van der Waals surface area contributed by atoms with Crippen LogP contribution in [-0.2, 0) is 0 Å². The van der Waals surface area contributed by atoms with Gasteiger partial charge in [0.2, 0.25) is 0 Å². The van der Waals surface area contributed by atoms with Gasteiger partial charge in [-0.05, 0) is 35.4 Å². The zero-order valence-electron chi connectivity index (χ0n) is 9.01. The molecule has 0 atom stereocenters. The third-order valence-electron chi connectivity index (χ3n) is 2.58. The first-order valence-electron chi connectivity index (χ1n) is 5.09. The molecule has 0 fully saturated rings. The van der Waals surface area contributed by atoms with E-state index in [1.165, 1.54) is 0 Å². The van der Waals surface area contributed by atoms with Gasteiger partial charge in [-0.15, -0.1) is 0 Å². The second-order valence-electron chi connectivity index (χ2n) is 3.72. The topological polar surface area (TPSA) is 40.5 Å². The molecule has 0 saturated heterocycles. The first-order valence-corrected chi connectivity index (χ1v) is 5.09. The number of benzene rings is 2. The van der Waals surface area contributed by atoms with Crippen molar-refractivity contribution in [3.63, 3.8) is 0 Å². The smallest absolute Gasteiger partial charge is 0.115 e. The van der Waals surface area contributed by atoms with Crippen molar-refractivity contribution in [2.75, 3.05) is 0 Å². The van der Waals surface area contributed by atoms with Crippen LogP contribution >= 0.6 is 0 Å². The molecule has 0 unspecified atom stereocenters. The molecule has 0 aliphatic rings. The maximum Gasteiger partial charge on any atom is 0.115 e. The lowest BCUT2D eigenvalue weighted by Crippen LogP contribution is -1.96. The van der Waals surface area contributed by atoms with Gasteiger partial charge < -0.3 is 10.2 Å². The lowest BCUT2D eigenvalue weighted by molar-refractivity contribution is 0.474. The number of rotatable bonds is 2. The van der Waals surface area contributed by atoms with Gasteiger partial charge in [-0.1, -0.05) is 31.2 Å². The van der Waals surface area contributed by atoms with E-state index in [1.54, 1.807) is 24.3 Å². The van der Waals surface area contributed by atoms with Gasteiger partial charge in [0.05, 0.1) is 0 Å². The van der Waals surface area contributed by atoms with Crippen molar-refractivity contribution in [3.8, 4) is 11.5 Å². The molecule has 0 aromatic heterocycles. The van der Waals surface area contributed by atoms with Crippen LogP contribution < -0.4 is 0 Å². The fourth-order valence-corrected chi connectivity index (χ4v) is 1.62. The summed E-state index contributed by atoms with van der Waals surface area (Å²) in [5.41, 5.74) is 2.01. The van der Waals surface area contributed by atoms with Crippen LogP contribution in [0, 0.1) is 5.92 Å². The fraction of sp³-hybridized carbons (Fsp3) is 0.0714. The maximum atomic E-state index is 9.40. The summed E-state index contributed by atoms with van der Waals surface area (Å²) in [6.07, 6.45) is 0. The Bertz CT molecular complexity index is 474. The van der Waals surface area contributed by atoms with E-state index < -0.39 is 0 Å². The molecule has 0 saturated carbocycles. The summed E-state index contributed by atoms with van der Waals surface area (Å²) in [7, 11) is 0. The normalized spacial score (nSPS) is 10.6. The van der Waals surface area contributed by atoms with Crippen molar-refractivity contribution >= 4 is 0 Å². The lowest BCUT2D eigenvalue weighted by atomic mass is 9.93. The van der Waals surface area contributed by atoms with Gasteiger partial charge in [0.25, 0.3) is 0 Å². The van der Waals surface area contributed by atoms with Crippen molar-refractivity contribution in [3.05, 3.63) is 65.6 Å². The molecule has 0 aliphatic carbocycles. The van der Waals surface area contributed by atoms with Crippen LogP contribution in [0.15, 0.2) is 48.5 Å². The highest BCUT2D eigenvalue weighted by atomic mass is 16.3. The highest BCUT2D eigenvalue weighted by molar-refractivity contribution is 5.47. The number of phenolic OH excluding ortho intramolecular Hbond substituents is 2. The Morgan fingerprint density at radius 2 is 1.50 bits per heavy atom. The van der Waals surface area contributed by atoms with Crippen LogP contribution in [0.4, 0.5) is 0 Å². The average Bonchev–Trinajstić information content (AvgIpc) is 2.29. The van der Waals surface area contributed by atoms with Gasteiger partial charge in [-0.3, -0.25) is 0 Å². The minimum atomic E-state index is 0.257. The molecule has 0 amide bonds. The molecule has 16 heavy (non-hydrogen) atoms. The Labute approximate surface area is 94.8 Å². The number of aromatic hydroxyl groups is 2. The molecular weight excluding hydrogens is 200 g/mol. The minimum absolute atomic E-state index is 0.257. The highest BCUT2D eigenvalue weighted by Crippen LogP contribution is 2.26. The molecule has 2 nitrogen and oxygen atoms in total. The zero-order valence-corrected chi connectivity index (χ0v) is 9.01. The van der Waals surface area contributed by atoms with E-state index in [9.17, 15) is 10.2 Å². The van der Waals surface area contributed by atoms with E-state index >= 15 is 0 Å². The van der Waals surface area contributed by atoms with Crippen molar-refractivity contribution in [2.45, 2.75) is 6.92 Å². The summed E-state index contributed by atoms with van der Waals surface area (Å²) in [4.78, 5) is 0. The second-order valence-corrected chi connectivity index (χ2v) is 3.72. The number of hydrogen-bond acceptors (Lipinski definition) is 2. The molecule has 2 rings (SSSR count). The monoisotopic (exact) mass is 213 g/mol. The molecule has 1 radical (unpaired) electrons. The van der Waals surface area contributed by atoms with Crippen LogP contribution in [0.5, 0.6) is 11.5 Å². The SMILES string of the molecule is C[C](c1ccc(O)cc1)c1cccc(O)c1. The van der Waals surface area contributed by atoms with Crippen molar-refractivity contribution in [1.82, 2.24) is 0 Å². The van der Waals surface area contributed by atoms with E-state index in [1.807, 2.05) is 31.2 Å². The summed E-state index contributed by atoms with van der Waals surface area (Å²) in [6, 6.07) is 14.2. The zero-order chi connectivity index (χ0) is 11.5. The largest absolute Gasteiger partial charge is 0.508 e. The van der Waals surface area contributed by atoms with Crippen LogP contribution in [0.3, 0.4) is 0 Å². The van der Waals surface area contributed by atoms with Crippen molar-refractivity contribution < 1.29 is 10.2 Å². The minimum Gasteiger partial charge on any atom is -0.508 e. The van der Waals surface area contributed by atoms with Crippen molar-refractivity contribution in [1.29, 1.82) is 0 Å². The van der Waals surface area contributed by atoms with Gasteiger partial charge in [0, 0.05) is 5.92 Å². The summed E-state index contributed by atoms with van der Waals surface area (Å²) < 4.78 is 0. The van der Waals surface area contributed by atoms with Gasteiger partial charge in [-0.25, -0.2) is 0 Å². The summed E-state index contributed by atoms with van der Waals surface area (Å²) in [5.74, 6) is 1.58. The third kappa shape index (κ3) is 2.16. The Morgan fingerprint density at radius 1 is 0.812 bits per heavy atom. The van der Waals surface area contributed by atoms with E-state index in [-0.39, 0.29) is 11.5 Å². The molecule has 0 bridgehead atoms. The number of hydrogen-bond donors (Lipinski definition) is 2. The van der Waals surface area contributed by atoms with E-state index in [0.29, 0.717) is 0 Å². The molecule has 2 aromatic rings. The standard InChI is InChI=1S/C14H13O2/c1-10(11-5-7-13(15)8-6-11)12-3-2-4-14(16)9-12/h2-9,15-16H,1H3. The highest BCUT2D eigenvalue weighted by Gasteiger charge is 2.09. The van der Waals surface area contributed by atoms with E-state index in [4.69, 9.17) is 0 Å². The molecular formula is C14H13O2. The summed E-state index contributed by atoms with van der Waals surface area (Å²) in [6.45, 7) is 1.99. The van der Waals surface area contributed by atoms with Gasteiger partial charge in [0.1, 0.15) is 11.5 Å². The number of phenols is 2. The first-order chi connectivity index (χ1) is 7.66. The fourth-order valence-electron chi connectivity index (χ4n) is 1.62. The van der Waals surface area contributed by atoms with Crippen LogP contribution in [0.2, 0.25) is 0 Å². The maximum absolute atomic E-state index is 9.40. The van der Waals surface area contributed by atoms with Gasteiger partial charge in [0.15, 0.2) is 0 Å². The van der Waals surface area contributed by atoms with E-state index in [0.717, 1.165) is 17.0 Å². The molecule has 0 heterocycles. The summed E-state index contributed by atoms with van der Waals surface area (Å²) in [5, 5.41) is 18.6. The second kappa shape index (κ2) is 4.27.